The van der Waals surface area contributed by atoms with Crippen LogP contribution in [0.4, 0.5) is 0 Å². The molecule has 0 saturated heterocycles. The molecule has 19 heavy (non-hydrogen) atoms. The Balaban J connectivity index is 2.14. The standard InChI is InChI=1S/C16H12BrNO/c17-13-5-1-4-12(9-13)16(19)14-6-2-3-11-7-8-18-10-15(11)14/h1-10,16,19H. The van der Waals surface area contributed by atoms with Gasteiger partial charge in [-0.3, -0.25) is 4.98 Å². The average Bonchev–Trinajstić information content (AvgIpc) is 2.46. The van der Waals surface area contributed by atoms with Crippen LogP contribution in [-0.2, 0) is 0 Å². The lowest BCUT2D eigenvalue weighted by molar-refractivity contribution is 0.222. The number of nitrogens with zero attached hydrogens (tertiary/aromatic N) is 1. The van der Waals surface area contributed by atoms with Gasteiger partial charge in [0.15, 0.2) is 0 Å². The molecular formula is C16H12BrNO. The lowest BCUT2D eigenvalue weighted by atomic mass is 9.97. The minimum absolute atomic E-state index is 0.648. The number of aliphatic hydroxyl groups excluding tert-OH is 1. The van der Waals surface area contributed by atoms with E-state index in [1.54, 1.807) is 12.4 Å². The van der Waals surface area contributed by atoms with Gasteiger partial charge in [-0.25, -0.2) is 0 Å². The fourth-order valence-electron chi connectivity index (χ4n) is 2.23. The lowest BCUT2D eigenvalue weighted by Crippen LogP contribution is -2.00. The molecule has 0 radical (unpaired) electrons. The topological polar surface area (TPSA) is 33.1 Å². The zero-order valence-electron chi connectivity index (χ0n) is 10.1. The van der Waals surface area contributed by atoms with Gasteiger partial charge < -0.3 is 5.11 Å². The van der Waals surface area contributed by atoms with Crippen LogP contribution < -0.4 is 0 Å². The second-order valence-corrected chi connectivity index (χ2v) is 5.32. The predicted octanol–water partition coefficient (Wildman–Crippen LogP) is 4.08. The molecule has 1 heterocycles. The van der Waals surface area contributed by atoms with Gasteiger partial charge in [0.2, 0.25) is 0 Å². The van der Waals surface area contributed by atoms with Crippen molar-refractivity contribution in [1.29, 1.82) is 0 Å². The summed E-state index contributed by atoms with van der Waals surface area (Å²) in [4.78, 5) is 4.15. The normalized spacial score (nSPS) is 12.5. The van der Waals surface area contributed by atoms with Crippen molar-refractivity contribution in [1.82, 2.24) is 4.98 Å². The first-order valence-electron chi connectivity index (χ1n) is 6.02. The first kappa shape index (κ1) is 12.3. The second kappa shape index (κ2) is 5.11. The van der Waals surface area contributed by atoms with Gasteiger partial charge in [0.05, 0.1) is 0 Å². The number of rotatable bonds is 2. The summed E-state index contributed by atoms with van der Waals surface area (Å²) in [6.07, 6.45) is 2.91. The van der Waals surface area contributed by atoms with Gasteiger partial charge in [-0.15, -0.1) is 0 Å². The van der Waals surface area contributed by atoms with Gasteiger partial charge in [0, 0.05) is 22.3 Å². The van der Waals surface area contributed by atoms with Crippen molar-refractivity contribution in [2.45, 2.75) is 6.10 Å². The summed E-state index contributed by atoms with van der Waals surface area (Å²) in [5, 5.41) is 12.6. The summed E-state index contributed by atoms with van der Waals surface area (Å²) in [6, 6.07) is 15.6. The number of aromatic nitrogens is 1. The molecule has 1 atom stereocenters. The highest BCUT2D eigenvalue weighted by atomic mass is 79.9. The molecule has 2 nitrogen and oxygen atoms in total. The van der Waals surface area contributed by atoms with Gasteiger partial charge in [-0.05, 0) is 34.7 Å². The number of fused-ring (bicyclic) bond motifs is 1. The number of benzene rings is 2. The molecule has 3 aromatic rings. The number of hydrogen-bond donors (Lipinski definition) is 1. The Bertz CT molecular complexity index is 721. The van der Waals surface area contributed by atoms with Crippen molar-refractivity contribution in [3.8, 4) is 0 Å². The summed E-state index contributed by atoms with van der Waals surface area (Å²) in [7, 11) is 0. The molecule has 0 aliphatic rings. The number of halogens is 1. The van der Waals surface area contributed by atoms with Crippen molar-refractivity contribution >= 4 is 26.7 Å². The second-order valence-electron chi connectivity index (χ2n) is 4.40. The average molecular weight is 314 g/mol. The van der Waals surface area contributed by atoms with Crippen molar-refractivity contribution in [3.63, 3.8) is 0 Å². The first-order chi connectivity index (χ1) is 9.25. The van der Waals surface area contributed by atoms with E-state index in [2.05, 4.69) is 20.9 Å². The number of pyridine rings is 1. The van der Waals surface area contributed by atoms with Crippen LogP contribution in [0.2, 0.25) is 0 Å². The van der Waals surface area contributed by atoms with Gasteiger partial charge in [-0.1, -0.05) is 46.3 Å². The van der Waals surface area contributed by atoms with Crippen LogP contribution >= 0.6 is 15.9 Å². The molecule has 0 aliphatic heterocycles. The molecule has 0 bridgehead atoms. The van der Waals surface area contributed by atoms with E-state index in [1.807, 2.05) is 48.5 Å². The van der Waals surface area contributed by atoms with E-state index in [-0.39, 0.29) is 0 Å². The molecule has 3 rings (SSSR count). The third kappa shape index (κ3) is 2.39. The minimum Gasteiger partial charge on any atom is -0.384 e. The van der Waals surface area contributed by atoms with E-state index >= 15 is 0 Å². The molecule has 0 fully saturated rings. The summed E-state index contributed by atoms with van der Waals surface area (Å²) < 4.78 is 0.961. The molecule has 1 N–H and O–H groups in total. The zero-order chi connectivity index (χ0) is 13.2. The molecule has 0 spiro atoms. The monoisotopic (exact) mass is 313 g/mol. The molecular weight excluding hydrogens is 302 g/mol. The number of hydrogen-bond acceptors (Lipinski definition) is 2. The van der Waals surface area contributed by atoms with Crippen LogP contribution in [-0.4, -0.2) is 10.1 Å². The van der Waals surface area contributed by atoms with E-state index in [0.29, 0.717) is 0 Å². The SMILES string of the molecule is OC(c1cccc(Br)c1)c1cccc2ccncc12. The highest BCUT2D eigenvalue weighted by Gasteiger charge is 2.13. The van der Waals surface area contributed by atoms with Crippen LogP contribution in [0.1, 0.15) is 17.2 Å². The van der Waals surface area contributed by atoms with E-state index in [0.717, 1.165) is 26.4 Å². The summed E-state index contributed by atoms with van der Waals surface area (Å²) in [5.74, 6) is 0. The molecule has 1 unspecified atom stereocenters. The molecule has 0 aliphatic carbocycles. The third-order valence-electron chi connectivity index (χ3n) is 3.18. The zero-order valence-corrected chi connectivity index (χ0v) is 11.7. The Morgan fingerprint density at radius 3 is 2.74 bits per heavy atom. The van der Waals surface area contributed by atoms with Gasteiger partial charge >= 0.3 is 0 Å². The Morgan fingerprint density at radius 2 is 1.89 bits per heavy atom. The summed E-state index contributed by atoms with van der Waals surface area (Å²) in [6.45, 7) is 0. The Labute approximate surface area is 119 Å². The van der Waals surface area contributed by atoms with Crippen molar-refractivity contribution in [2.75, 3.05) is 0 Å². The highest BCUT2D eigenvalue weighted by molar-refractivity contribution is 9.10. The molecule has 94 valence electrons. The lowest BCUT2D eigenvalue weighted by Gasteiger charge is -2.14. The predicted molar refractivity (Wildman–Crippen MR) is 79.9 cm³/mol. The van der Waals surface area contributed by atoms with Crippen molar-refractivity contribution < 1.29 is 5.11 Å². The van der Waals surface area contributed by atoms with Gasteiger partial charge in [0.1, 0.15) is 6.10 Å². The maximum atomic E-state index is 10.6. The van der Waals surface area contributed by atoms with Crippen LogP contribution in [0.5, 0.6) is 0 Å². The highest BCUT2D eigenvalue weighted by Crippen LogP contribution is 2.29. The van der Waals surface area contributed by atoms with E-state index in [4.69, 9.17) is 0 Å². The quantitative estimate of drug-likeness (QED) is 0.773. The van der Waals surface area contributed by atoms with Crippen LogP contribution in [0, 0.1) is 0 Å². The van der Waals surface area contributed by atoms with E-state index < -0.39 is 6.10 Å². The number of aliphatic hydroxyl groups is 1. The molecule has 0 amide bonds. The maximum absolute atomic E-state index is 10.6. The Kier molecular flexibility index (Phi) is 3.32. The summed E-state index contributed by atoms with van der Waals surface area (Å²) >= 11 is 3.43. The van der Waals surface area contributed by atoms with Crippen molar-refractivity contribution in [3.05, 3.63) is 76.5 Å². The maximum Gasteiger partial charge on any atom is 0.105 e. The van der Waals surface area contributed by atoms with Crippen LogP contribution in [0.25, 0.3) is 10.8 Å². The summed E-state index contributed by atoms with van der Waals surface area (Å²) in [5.41, 5.74) is 1.74. The van der Waals surface area contributed by atoms with Crippen molar-refractivity contribution in [2.24, 2.45) is 0 Å². The van der Waals surface area contributed by atoms with Crippen LogP contribution in [0.3, 0.4) is 0 Å². The minimum atomic E-state index is -0.648. The largest absolute Gasteiger partial charge is 0.384 e. The smallest absolute Gasteiger partial charge is 0.105 e. The van der Waals surface area contributed by atoms with Gasteiger partial charge in [-0.2, -0.15) is 0 Å². The van der Waals surface area contributed by atoms with Crippen LogP contribution in [0.15, 0.2) is 65.4 Å². The first-order valence-corrected chi connectivity index (χ1v) is 6.81. The van der Waals surface area contributed by atoms with E-state index in [1.165, 1.54) is 0 Å². The van der Waals surface area contributed by atoms with E-state index in [9.17, 15) is 5.11 Å². The molecule has 1 aromatic heterocycles. The Hall–Kier alpha value is -1.71. The third-order valence-corrected chi connectivity index (χ3v) is 3.67. The molecule has 2 aromatic carbocycles. The molecule has 0 saturated carbocycles. The fraction of sp³-hybridized carbons (Fsp3) is 0.0625. The Morgan fingerprint density at radius 1 is 1.05 bits per heavy atom. The molecule has 3 heteroatoms. The fourth-order valence-corrected chi connectivity index (χ4v) is 2.65. The van der Waals surface area contributed by atoms with Gasteiger partial charge in [0.25, 0.3) is 0 Å².